The lowest BCUT2D eigenvalue weighted by Gasteiger charge is -2.15. The fraction of sp³-hybridized carbons (Fsp3) is 0.368. The van der Waals surface area contributed by atoms with Crippen molar-refractivity contribution in [3.8, 4) is 11.5 Å². The van der Waals surface area contributed by atoms with E-state index in [0.29, 0.717) is 39.7 Å². The molecule has 3 N–H and O–H groups in total. The first-order valence-corrected chi connectivity index (χ1v) is 9.64. The third kappa shape index (κ3) is 9.37. The van der Waals surface area contributed by atoms with Gasteiger partial charge in [0.05, 0.1) is 18.7 Å². The molecule has 0 aliphatic heterocycles. The third-order valence-electron chi connectivity index (χ3n) is 3.77. The SMILES string of the molecule is COc1cc(CNCCNCCO)cc(Cl)c1OCc1ccc(Cl)cc1Cl.Cl.Cl. The topological polar surface area (TPSA) is 62.8 Å². The average molecular weight is 507 g/mol. The van der Waals surface area contributed by atoms with Crippen LogP contribution < -0.4 is 20.1 Å². The smallest absolute Gasteiger partial charge is 0.180 e. The molecule has 0 unspecified atom stereocenters. The number of halogens is 5. The van der Waals surface area contributed by atoms with E-state index in [9.17, 15) is 0 Å². The summed E-state index contributed by atoms with van der Waals surface area (Å²) in [5.74, 6) is 1.03. The molecule has 0 aliphatic rings. The molecule has 0 aliphatic carbocycles. The van der Waals surface area contributed by atoms with Crippen LogP contribution in [-0.2, 0) is 13.2 Å². The van der Waals surface area contributed by atoms with Gasteiger partial charge in [0.2, 0.25) is 0 Å². The maximum absolute atomic E-state index is 8.72. The van der Waals surface area contributed by atoms with E-state index in [1.807, 2.05) is 18.2 Å². The van der Waals surface area contributed by atoms with Gasteiger partial charge in [-0.1, -0.05) is 40.9 Å². The van der Waals surface area contributed by atoms with Crippen LogP contribution in [0.15, 0.2) is 30.3 Å². The first kappa shape index (κ1) is 28.4. The number of rotatable bonds is 11. The standard InChI is InChI=1S/C19H23Cl3N2O3.2ClH/c1-26-18-9-13(11-24-5-4-23-6-7-25)8-17(22)19(18)27-12-14-2-3-15(20)10-16(14)21;;/h2-3,8-10,23-25H,4-7,11-12H2,1H3;2*1H. The van der Waals surface area contributed by atoms with Crippen molar-refractivity contribution in [2.75, 3.05) is 33.4 Å². The monoisotopic (exact) mass is 504 g/mol. The zero-order valence-corrected chi connectivity index (χ0v) is 19.7. The molecule has 2 rings (SSSR count). The second kappa shape index (κ2) is 15.2. The van der Waals surface area contributed by atoms with E-state index in [4.69, 9.17) is 49.4 Å². The Morgan fingerprint density at radius 3 is 2.31 bits per heavy atom. The zero-order chi connectivity index (χ0) is 19.6. The maximum atomic E-state index is 8.72. The molecule has 0 bridgehead atoms. The predicted molar refractivity (Wildman–Crippen MR) is 125 cm³/mol. The van der Waals surface area contributed by atoms with Crippen LogP contribution in [0, 0.1) is 0 Å². The van der Waals surface area contributed by atoms with Crippen LogP contribution in [0.2, 0.25) is 15.1 Å². The Bertz CT molecular complexity index is 750. The van der Waals surface area contributed by atoms with Crippen LogP contribution in [0.1, 0.15) is 11.1 Å². The second-order valence-corrected chi connectivity index (χ2v) is 7.03. The van der Waals surface area contributed by atoms with Crippen molar-refractivity contribution < 1.29 is 14.6 Å². The molecule has 0 spiro atoms. The molecular formula is C19H25Cl5N2O3. The van der Waals surface area contributed by atoms with Gasteiger partial charge in [0.25, 0.3) is 0 Å². The van der Waals surface area contributed by atoms with Crippen LogP contribution >= 0.6 is 59.6 Å². The van der Waals surface area contributed by atoms with Crippen molar-refractivity contribution in [2.24, 2.45) is 0 Å². The average Bonchev–Trinajstić information content (AvgIpc) is 2.64. The van der Waals surface area contributed by atoms with Gasteiger partial charge in [-0.05, 0) is 29.8 Å². The van der Waals surface area contributed by atoms with E-state index in [2.05, 4.69) is 10.6 Å². The summed E-state index contributed by atoms with van der Waals surface area (Å²) in [7, 11) is 1.57. The fourth-order valence-corrected chi connectivity index (χ4v) is 3.17. The van der Waals surface area contributed by atoms with Gasteiger partial charge >= 0.3 is 0 Å². The summed E-state index contributed by atoms with van der Waals surface area (Å²) in [5, 5.41) is 16.7. The maximum Gasteiger partial charge on any atom is 0.180 e. The van der Waals surface area contributed by atoms with Crippen molar-refractivity contribution >= 4 is 59.6 Å². The summed E-state index contributed by atoms with van der Waals surface area (Å²) >= 11 is 18.5. The van der Waals surface area contributed by atoms with E-state index in [0.717, 1.165) is 24.2 Å². The Balaban J connectivity index is 0.00000392. The summed E-state index contributed by atoms with van der Waals surface area (Å²) in [4.78, 5) is 0. The van der Waals surface area contributed by atoms with E-state index in [-0.39, 0.29) is 38.0 Å². The van der Waals surface area contributed by atoms with Crippen molar-refractivity contribution in [2.45, 2.75) is 13.2 Å². The quantitative estimate of drug-likeness (QED) is 0.384. The number of nitrogens with one attached hydrogen (secondary N) is 2. The number of aliphatic hydroxyl groups is 1. The first-order valence-electron chi connectivity index (χ1n) is 8.50. The minimum atomic E-state index is 0. The summed E-state index contributed by atoms with van der Waals surface area (Å²) in [6.45, 7) is 3.16. The molecule has 0 saturated heterocycles. The molecule has 0 aromatic heterocycles. The highest BCUT2D eigenvalue weighted by Gasteiger charge is 2.13. The lowest BCUT2D eigenvalue weighted by atomic mass is 10.2. The molecule has 10 heteroatoms. The van der Waals surface area contributed by atoms with Gasteiger partial charge in [-0.25, -0.2) is 0 Å². The minimum Gasteiger partial charge on any atom is -0.493 e. The highest BCUT2D eigenvalue weighted by Crippen LogP contribution is 2.37. The van der Waals surface area contributed by atoms with Gasteiger partial charge in [0.1, 0.15) is 6.61 Å². The summed E-state index contributed by atoms with van der Waals surface area (Å²) in [6.07, 6.45) is 0. The summed E-state index contributed by atoms with van der Waals surface area (Å²) < 4.78 is 11.3. The number of benzene rings is 2. The molecule has 164 valence electrons. The lowest BCUT2D eigenvalue weighted by Crippen LogP contribution is -2.28. The first-order chi connectivity index (χ1) is 13.0. The number of hydrogen-bond acceptors (Lipinski definition) is 5. The normalized spacial score (nSPS) is 10.1. The van der Waals surface area contributed by atoms with Crippen molar-refractivity contribution in [1.29, 1.82) is 0 Å². The Morgan fingerprint density at radius 2 is 1.66 bits per heavy atom. The van der Waals surface area contributed by atoms with Crippen LogP contribution in [0.25, 0.3) is 0 Å². The summed E-state index contributed by atoms with van der Waals surface area (Å²) in [5.41, 5.74) is 1.79. The number of hydrogen-bond donors (Lipinski definition) is 3. The van der Waals surface area contributed by atoms with Crippen LogP contribution in [0.5, 0.6) is 11.5 Å². The largest absolute Gasteiger partial charge is 0.493 e. The van der Waals surface area contributed by atoms with Gasteiger partial charge in [-0.3, -0.25) is 0 Å². The molecule has 0 atom stereocenters. The molecule has 2 aromatic carbocycles. The predicted octanol–water partition coefficient (Wildman–Crippen LogP) is 4.75. The second-order valence-electron chi connectivity index (χ2n) is 5.78. The Hall–Kier alpha value is -0.630. The molecule has 0 amide bonds. The highest BCUT2D eigenvalue weighted by molar-refractivity contribution is 6.35. The van der Waals surface area contributed by atoms with E-state index >= 15 is 0 Å². The Labute approximate surface area is 198 Å². The molecule has 0 radical (unpaired) electrons. The Kier molecular flexibility index (Phi) is 14.9. The van der Waals surface area contributed by atoms with Gasteiger partial charge in [0, 0.05) is 41.8 Å². The highest BCUT2D eigenvalue weighted by atomic mass is 35.5. The van der Waals surface area contributed by atoms with Crippen molar-refractivity contribution in [3.05, 3.63) is 56.5 Å². The van der Waals surface area contributed by atoms with Gasteiger partial charge in [-0.15, -0.1) is 24.8 Å². The third-order valence-corrected chi connectivity index (χ3v) is 4.64. The van der Waals surface area contributed by atoms with E-state index < -0.39 is 0 Å². The van der Waals surface area contributed by atoms with Crippen molar-refractivity contribution in [1.82, 2.24) is 10.6 Å². The lowest BCUT2D eigenvalue weighted by molar-refractivity contribution is 0.284. The van der Waals surface area contributed by atoms with Crippen LogP contribution in [-0.4, -0.2) is 38.5 Å². The van der Waals surface area contributed by atoms with E-state index in [1.54, 1.807) is 19.2 Å². The fourth-order valence-electron chi connectivity index (χ4n) is 2.42. The summed E-state index contributed by atoms with van der Waals surface area (Å²) in [6, 6.07) is 8.98. The van der Waals surface area contributed by atoms with Gasteiger partial charge in [0.15, 0.2) is 11.5 Å². The molecule has 0 fully saturated rings. The van der Waals surface area contributed by atoms with Gasteiger partial charge in [-0.2, -0.15) is 0 Å². The molecule has 0 saturated carbocycles. The number of ether oxygens (including phenoxy) is 2. The van der Waals surface area contributed by atoms with Gasteiger partial charge < -0.3 is 25.2 Å². The number of aliphatic hydroxyl groups excluding tert-OH is 1. The molecular weight excluding hydrogens is 481 g/mol. The molecule has 29 heavy (non-hydrogen) atoms. The molecule has 0 heterocycles. The van der Waals surface area contributed by atoms with Crippen LogP contribution in [0.3, 0.4) is 0 Å². The van der Waals surface area contributed by atoms with Crippen LogP contribution in [0.4, 0.5) is 0 Å². The zero-order valence-electron chi connectivity index (χ0n) is 15.8. The minimum absolute atomic E-state index is 0. The number of methoxy groups -OCH3 is 1. The molecule has 2 aromatic rings. The van der Waals surface area contributed by atoms with Crippen molar-refractivity contribution in [3.63, 3.8) is 0 Å². The Morgan fingerprint density at radius 1 is 0.931 bits per heavy atom. The van der Waals surface area contributed by atoms with E-state index in [1.165, 1.54) is 0 Å². The molecule has 5 nitrogen and oxygen atoms in total.